The van der Waals surface area contributed by atoms with E-state index in [0.29, 0.717) is 21.2 Å². The normalized spacial score (nSPS) is 17.7. The van der Waals surface area contributed by atoms with Crippen molar-refractivity contribution in [2.45, 2.75) is 17.2 Å². The molecule has 1 saturated carbocycles. The summed E-state index contributed by atoms with van der Waals surface area (Å²) in [4.78, 5) is 25.9. The molecule has 2 amide bonds. The third-order valence-corrected chi connectivity index (χ3v) is 7.36. The number of nitrogens with zero attached hydrogens (tertiary/aromatic N) is 1. The van der Waals surface area contributed by atoms with Gasteiger partial charge in [-0.3, -0.25) is 9.59 Å². The van der Waals surface area contributed by atoms with Crippen LogP contribution in [0.2, 0.25) is 15.1 Å². The molecule has 0 bridgehead atoms. The SMILES string of the molecule is Cc1cc(F)c(NC(=O)c2cc(NC(=O)[C@H]3[C@H](c4cc(Cl)cc(Cl)c4)C3(Cl)Cl)ccc2Cl)c(C#N)c1. The molecule has 3 aromatic rings. The summed E-state index contributed by atoms with van der Waals surface area (Å²) in [6, 6.07) is 13.5. The summed E-state index contributed by atoms with van der Waals surface area (Å²) in [6.45, 7) is 1.63. The molecular formula is C25H15Cl5FN3O2. The molecule has 0 aliphatic heterocycles. The molecule has 0 spiro atoms. The molecule has 3 aromatic carbocycles. The number of carbonyl (C=O) groups excluding carboxylic acids is 2. The largest absolute Gasteiger partial charge is 0.326 e. The number of hydrogen-bond acceptors (Lipinski definition) is 3. The first-order chi connectivity index (χ1) is 16.9. The number of halogens is 6. The molecule has 0 aromatic heterocycles. The minimum absolute atomic E-state index is 0.0390. The lowest BCUT2D eigenvalue weighted by atomic mass is 10.1. The van der Waals surface area contributed by atoms with Crippen LogP contribution in [0.5, 0.6) is 0 Å². The number of carbonyl (C=O) groups is 2. The Balaban J connectivity index is 1.55. The molecule has 184 valence electrons. The van der Waals surface area contributed by atoms with Crippen molar-refractivity contribution < 1.29 is 14.0 Å². The monoisotopic (exact) mass is 583 g/mol. The van der Waals surface area contributed by atoms with Crippen LogP contribution in [0, 0.1) is 30.0 Å². The molecule has 0 unspecified atom stereocenters. The third kappa shape index (κ3) is 5.27. The smallest absolute Gasteiger partial charge is 0.257 e. The van der Waals surface area contributed by atoms with Gasteiger partial charge in [-0.2, -0.15) is 5.26 Å². The standard InChI is InChI=1S/C25H15Cl5FN3O2/c1-11-4-13(10-32)22(19(31)5-11)34-23(35)17-9-16(2-3-18(17)28)33-24(36)21-20(25(21,29)30)12-6-14(26)8-15(27)7-12/h2-9,20-21H,1H3,(H,33,36)(H,34,35)/t20-,21+/m0/s1. The van der Waals surface area contributed by atoms with Crippen molar-refractivity contribution in [2.24, 2.45) is 5.92 Å². The van der Waals surface area contributed by atoms with Crippen LogP contribution in [0.1, 0.15) is 33.0 Å². The molecule has 0 saturated heterocycles. The number of anilines is 2. The number of rotatable bonds is 5. The van der Waals surface area contributed by atoms with E-state index >= 15 is 0 Å². The number of nitrogens with one attached hydrogen (secondary N) is 2. The highest BCUT2D eigenvalue weighted by atomic mass is 35.5. The highest BCUT2D eigenvalue weighted by Gasteiger charge is 2.67. The van der Waals surface area contributed by atoms with Crippen LogP contribution in [0.15, 0.2) is 48.5 Å². The zero-order valence-corrected chi connectivity index (χ0v) is 22.1. The molecule has 1 aliphatic rings. The van der Waals surface area contributed by atoms with E-state index in [2.05, 4.69) is 10.6 Å². The number of aryl methyl sites for hydroxylation is 1. The fraction of sp³-hybridized carbons (Fsp3) is 0.160. The van der Waals surface area contributed by atoms with E-state index in [0.717, 1.165) is 0 Å². The van der Waals surface area contributed by atoms with Crippen molar-refractivity contribution in [3.63, 3.8) is 0 Å². The summed E-state index contributed by atoms with van der Waals surface area (Å²) in [5, 5.41) is 15.2. The van der Waals surface area contributed by atoms with Gasteiger partial charge in [0.15, 0.2) is 0 Å². The average molecular weight is 586 g/mol. The average Bonchev–Trinajstić information content (AvgIpc) is 3.38. The number of amides is 2. The lowest BCUT2D eigenvalue weighted by Crippen LogP contribution is -2.19. The Morgan fingerprint density at radius 1 is 1.00 bits per heavy atom. The molecule has 11 heteroatoms. The van der Waals surface area contributed by atoms with Crippen LogP contribution in [-0.4, -0.2) is 16.1 Å². The Morgan fingerprint density at radius 2 is 1.67 bits per heavy atom. The molecule has 4 rings (SSSR count). The quantitative estimate of drug-likeness (QED) is 0.301. The zero-order valence-electron chi connectivity index (χ0n) is 18.3. The molecule has 2 atom stereocenters. The van der Waals surface area contributed by atoms with Crippen molar-refractivity contribution in [3.05, 3.63) is 91.7 Å². The predicted octanol–water partition coefficient (Wildman–Crippen LogP) is 7.74. The van der Waals surface area contributed by atoms with Gasteiger partial charge in [0.1, 0.15) is 16.2 Å². The summed E-state index contributed by atoms with van der Waals surface area (Å²) in [7, 11) is 0. The van der Waals surface area contributed by atoms with Crippen LogP contribution in [0.4, 0.5) is 15.8 Å². The van der Waals surface area contributed by atoms with Crippen LogP contribution >= 0.6 is 58.0 Å². The van der Waals surface area contributed by atoms with E-state index in [-0.39, 0.29) is 27.5 Å². The number of nitriles is 1. The first-order valence-corrected chi connectivity index (χ1v) is 12.3. The van der Waals surface area contributed by atoms with Crippen molar-refractivity contribution in [1.29, 1.82) is 5.26 Å². The molecule has 0 radical (unpaired) electrons. The topological polar surface area (TPSA) is 82.0 Å². The Hall–Kier alpha value is -2.53. The maximum Gasteiger partial charge on any atom is 0.257 e. The van der Waals surface area contributed by atoms with Gasteiger partial charge in [0.2, 0.25) is 5.91 Å². The predicted molar refractivity (Wildman–Crippen MR) is 141 cm³/mol. The van der Waals surface area contributed by atoms with Crippen LogP contribution in [-0.2, 0) is 4.79 Å². The first-order valence-electron chi connectivity index (χ1n) is 10.4. The van der Waals surface area contributed by atoms with Gasteiger partial charge in [0.25, 0.3) is 5.91 Å². The van der Waals surface area contributed by atoms with E-state index < -0.39 is 33.8 Å². The molecule has 2 N–H and O–H groups in total. The van der Waals surface area contributed by atoms with Gasteiger partial charge in [-0.1, -0.05) is 34.8 Å². The maximum atomic E-state index is 14.4. The summed E-state index contributed by atoms with van der Waals surface area (Å²) >= 11 is 31.1. The molecule has 0 heterocycles. The van der Waals surface area contributed by atoms with Crippen molar-refractivity contribution in [2.75, 3.05) is 10.6 Å². The van der Waals surface area contributed by atoms with Gasteiger partial charge < -0.3 is 10.6 Å². The Kier molecular flexibility index (Phi) is 7.43. The summed E-state index contributed by atoms with van der Waals surface area (Å²) < 4.78 is 13.0. The Morgan fingerprint density at radius 3 is 2.31 bits per heavy atom. The van der Waals surface area contributed by atoms with Crippen molar-refractivity contribution in [3.8, 4) is 6.07 Å². The van der Waals surface area contributed by atoms with Gasteiger partial charge >= 0.3 is 0 Å². The number of hydrogen-bond donors (Lipinski definition) is 2. The van der Waals surface area contributed by atoms with Gasteiger partial charge in [0, 0.05) is 21.7 Å². The van der Waals surface area contributed by atoms with Gasteiger partial charge in [-0.25, -0.2) is 4.39 Å². The van der Waals surface area contributed by atoms with E-state index in [9.17, 15) is 19.2 Å². The molecule has 1 fully saturated rings. The van der Waals surface area contributed by atoms with E-state index in [4.69, 9.17) is 58.0 Å². The third-order valence-electron chi connectivity index (χ3n) is 5.65. The van der Waals surface area contributed by atoms with Crippen LogP contribution < -0.4 is 10.6 Å². The molecule has 36 heavy (non-hydrogen) atoms. The van der Waals surface area contributed by atoms with Crippen molar-refractivity contribution in [1.82, 2.24) is 0 Å². The van der Waals surface area contributed by atoms with Gasteiger partial charge in [-0.05, 0) is 66.6 Å². The molecular weight excluding hydrogens is 571 g/mol. The summed E-state index contributed by atoms with van der Waals surface area (Å²) in [6.07, 6.45) is 0. The van der Waals surface area contributed by atoms with E-state index in [1.54, 1.807) is 25.1 Å². The summed E-state index contributed by atoms with van der Waals surface area (Å²) in [5.41, 5.74) is 1.02. The second kappa shape index (κ2) is 10.1. The fourth-order valence-corrected chi connectivity index (χ4v) is 5.53. The van der Waals surface area contributed by atoms with E-state index in [1.807, 2.05) is 6.07 Å². The minimum Gasteiger partial charge on any atom is -0.326 e. The van der Waals surface area contributed by atoms with Crippen LogP contribution in [0.25, 0.3) is 0 Å². The van der Waals surface area contributed by atoms with E-state index in [1.165, 1.54) is 30.3 Å². The zero-order chi connectivity index (χ0) is 26.4. The summed E-state index contributed by atoms with van der Waals surface area (Å²) in [5.74, 6) is -3.39. The Bertz CT molecular complexity index is 1430. The fourth-order valence-electron chi connectivity index (χ4n) is 3.96. The minimum atomic E-state index is -1.39. The number of alkyl halides is 2. The molecule has 1 aliphatic carbocycles. The first kappa shape index (κ1) is 26.5. The highest BCUT2D eigenvalue weighted by molar-refractivity contribution is 6.53. The second-order valence-corrected chi connectivity index (χ2v) is 11.0. The lowest BCUT2D eigenvalue weighted by Gasteiger charge is -2.12. The van der Waals surface area contributed by atoms with Gasteiger partial charge in [-0.15, -0.1) is 23.2 Å². The second-order valence-electron chi connectivity index (χ2n) is 8.25. The van der Waals surface area contributed by atoms with Gasteiger partial charge in [0.05, 0.1) is 27.8 Å². The molecule has 5 nitrogen and oxygen atoms in total. The van der Waals surface area contributed by atoms with Crippen LogP contribution in [0.3, 0.4) is 0 Å². The maximum absolute atomic E-state index is 14.4. The Labute approximate surface area is 231 Å². The van der Waals surface area contributed by atoms with Crippen molar-refractivity contribution >= 4 is 81.2 Å². The highest BCUT2D eigenvalue weighted by Crippen LogP contribution is 2.65. The lowest BCUT2D eigenvalue weighted by molar-refractivity contribution is -0.117. The number of benzene rings is 3.